The number of hydrogen-bond donors (Lipinski definition) is 1. The van der Waals surface area contributed by atoms with Gasteiger partial charge in [-0.2, -0.15) is 5.26 Å². The molecule has 4 aromatic rings. The maximum atomic E-state index is 13.0. The van der Waals surface area contributed by atoms with Crippen LogP contribution in [-0.2, 0) is 23.3 Å². The van der Waals surface area contributed by atoms with Gasteiger partial charge < -0.3 is 10.1 Å². The Balaban J connectivity index is 1.35. The lowest BCUT2D eigenvalue weighted by molar-refractivity contribution is 0.0757. The van der Waals surface area contributed by atoms with Crippen molar-refractivity contribution in [3.8, 4) is 17.5 Å². The Bertz CT molecular complexity index is 1520. The number of halogens is 2. The van der Waals surface area contributed by atoms with Crippen LogP contribution in [0.3, 0.4) is 0 Å². The average molecular weight is 486 g/mol. The number of aromatic nitrogens is 4. The summed E-state index contributed by atoms with van der Waals surface area (Å²) in [7, 11) is 0. The Morgan fingerprint density at radius 3 is 2.81 bits per heavy atom. The molecule has 0 unspecified atom stereocenters. The molecule has 0 radical (unpaired) electrons. The van der Waals surface area contributed by atoms with Crippen LogP contribution < -0.4 is 5.32 Å². The number of pyridine rings is 2. The van der Waals surface area contributed by atoms with Crippen LogP contribution in [0.1, 0.15) is 46.4 Å². The van der Waals surface area contributed by atoms with Gasteiger partial charge in [-0.15, -0.1) is 0 Å². The fourth-order valence-electron chi connectivity index (χ4n) is 4.08. The number of hydrogen-bond acceptors (Lipinski definition) is 7. The largest absolute Gasteiger partial charge is 0.375 e. The lowest BCUT2D eigenvalue weighted by Gasteiger charge is -2.30. The van der Waals surface area contributed by atoms with E-state index in [4.69, 9.17) is 4.74 Å². The lowest BCUT2D eigenvalue weighted by Crippen LogP contribution is -2.33. The van der Waals surface area contributed by atoms with Crippen molar-refractivity contribution in [3.63, 3.8) is 0 Å². The summed E-state index contributed by atoms with van der Waals surface area (Å²) in [5, 5.41) is 13.2. The summed E-state index contributed by atoms with van der Waals surface area (Å²) in [5.74, 6) is -0.856. The number of nitrogens with one attached hydrogen (secondary N) is 1. The van der Waals surface area contributed by atoms with Crippen LogP contribution >= 0.6 is 0 Å². The van der Waals surface area contributed by atoms with E-state index in [0.717, 1.165) is 16.5 Å². The van der Waals surface area contributed by atoms with Gasteiger partial charge in [0.15, 0.2) is 5.82 Å². The van der Waals surface area contributed by atoms with E-state index < -0.39 is 17.7 Å². The number of carbonyl (C=O) groups excluding carboxylic acids is 1. The number of amides is 1. The minimum Gasteiger partial charge on any atom is -0.375 e. The molecular weight excluding hydrogens is 466 g/mol. The zero-order valence-corrected chi connectivity index (χ0v) is 19.2. The van der Waals surface area contributed by atoms with Gasteiger partial charge >= 0.3 is 0 Å². The van der Waals surface area contributed by atoms with Gasteiger partial charge in [-0.3, -0.25) is 9.78 Å². The number of rotatable bonds is 5. The Kier molecular flexibility index (Phi) is 6.08. The molecule has 1 aromatic carbocycles. The monoisotopic (exact) mass is 486 g/mol. The molecule has 0 aliphatic carbocycles. The molecule has 180 valence electrons. The van der Waals surface area contributed by atoms with Crippen molar-refractivity contribution < 1.29 is 18.3 Å². The lowest BCUT2D eigenvalue weighted by atomic mass is 9.79. The van der Waals surface area contributed by atoms with Crippen molar-refractivity contribution in [2.45, 2.75) is 31.9 Å². The molecule has 0 saturated carbocycles. The molecule has 5 rings (SSSR count). The molecule has 0 fully saturated rings. The number of fused-ring (bicyclic) bond motifs is 2. The highest BCUT2D eigenvalue weighted by Gasteiger charge is 2.33. The Morgan fingerprint density at radius 2 is 2.00 bits per heavy atom. The first-order chi connectivity index (χ1) is 17.4. The summed E-state index contributed by atoms with van der Waals surface area (Å²) < 4.78 is 31.5. The number of nitriles is 1. The van der Waals surface area contributed by atoms with Gasteiger partial charge in [-0.25, -0.2) is 23.7 Å². The number of carbonyl (C=O) groups is 1. The maximum Gasteiger partial charge on any atom is 0.297 e. The zero-order valence-electron chi connectivity index (χ0n) is 19.2. The molecule has 0 spiro atoms. The van der Waals surface area contributed by atoms with Crippen molar-refractivity contribution in [2.75, 3.05) is 6.61 Å². The molecule has 1 aliphatic heterocycles. The van der Waals surface area contributed by atoms with Gasteiger partial charge in [0, 0.05) is 23.3 Å². The van der Waals surface area contributed by atoms with E-state index in [9.17, 15) is 18.8 Å². The minimum atomic E-state index is -2.78. The van der Waals surface area contributed by atoms with Crippen LogP contribution in [0.25, 0.3) is 22.3 Å². The fraction of sp³-hybridized carbons (Fsp3) is 0.231. The third kappa shape index (κ3) is 4.48. The normalized spacial score (nSPS) is 17.0. The van der Waals surface area contributed by atoms with Crippen LogP contribution in [0.2, 0.25) is 0 Å². The van der Waals surface area contributed by atoms with Crippen LogP contribution in [0.4, 0.5) is 8.78 Å². The molecule has 3 aromatic heterocycles. The van der Waals surface area contributed by atoms with E-state index in [1.807, 2.05) is 6.07 Å². The first-order valence-corrected chi connectivity index (χ1v) is 11.1. The highest BCUT2D eigenvalue weighted by atomic mass is 19.3. The zero-order chi connectivity index (χ0) is 25.3. The smallest absolute Gasteiger partial charge is 0.297 e. The summed E-state index contributed by atoms with van der Waals surface area (Å²) in [6.45, 7) is 2.63. The van der Waals surface area contributed by atoms with Crippen molar-refractivity contribution >= 4 is 16.8 Å². The molecule has 4 heterocycles. The quantitative estimate of drug-likeness (QED) is 0.448. The van der Waals surface area contributed by atoms with Crippen molar-refractivity contribution in [2.24, 2.45) is 0 Å². The van der Waals surface area contributed by atoms with E-state index in [-0.39, 0.29) is 24.8 Å². The molecule has 8 nitrogen and oxygen atoms in total. The van der Waals surface area contributed by atoms with E-state index in [0.29, 0.717) is 29.1 Å². The number of alkyl halides is 2. The van der Waals surface area contributed by atoms with Crippen molar-refractivity contribution in [3.05, 3.63) is 83.1 Å². The number of nitrogens with zero attached hydrogens (tertiary/aromatic N) is 5. The predicted molar refractivity (Wildman–Crippen MR) is 126 cm³/mol. The van der Waals surface area contributed by atoms with E-state index in [2.05, 4.69) is 31.3 Å². The summed E-state index contributed by atoms with van der Waals surface area (Å²) in [6.07, 6.45) is 0.132. The van der Waals surface area contributed by atoms with Gasteiger partial charge in [-0.05, 0) is 54.4 Å². The molecule has 1 atom stereocenters. The molecule has 1 N–H and O–H groups in total. The molecule has 0 bridgehead atoms. The third-order valence-electron chi connectivity index (χ3n) is 6.05. The third-order valence-corrected chi connectivity index (χ3v) is 6.05. The molecule has 36 heavy (non-hydrogen) atoms. The first-order valence-electron chi connectivity index (χ1n) is 11.1. The van der Waals surface area contributed by atoms with Gasteiger partial charge in [0.1, 0.15) is 5.41 Å². The van der Waals surface area contributed by atoms with Crippen LogP contribution in [0, 0.1) is 11.3 Å². The summed E-state index contributed by atoms with van der Waals surface area (Å²) in [6, 6.07) is 14.2. The molecule has 10 heteroatoms. The van der Waals surface area contributed by atoms with E-state index >= 15 is 0 Å². The SMILES string of the molecule is C[C@@]1(C#N)COCc2ccc(C(=O)NCc3cc4nc(-c5ccnc(C(F)F)n5)ccc4cn3)cc21. The second-order valence-corrected chi connectivity index (χ2v) is 8.66. The summed E-state index contributed by atoms with van der Waals surface area (Å²) >= 11 is 0. The van der Waals surface area contributed by atoms with Gasteiger partial charge in [0.05, 0.1) is 48.4 Å². The highest BCUT2D eigenvalue weighted by Crippen LogP contribution is 2.32. The molecule has 1 aliphatic rings. The van der Waals surface area contributed by atoms with E-state index in [1.54, 1.807) is 43.5 Å². The van der Waals surface area contributed by atoms with Crippen molar-refractivity contribution in [1.82, 2.24) is 25.3 Å². The van der Waals surface area contributed by atoms with Gasteiger partial charge in [0.25, 0.3) is 12.3 Å². The first kappa shape index (κ1) is 23.4. The Morgan fingerprint density at radius 1 is 1.17 bits per heavy atom. The molecular formula is C26H20F2N6O2. The number of ether oxygens (including phenoxy) is 1. The Labute approximate surface area is 205 Å². The molecule has 1 amide bonds. The molecule has 0 saturated heterocycles. The second-order valence-electron chi connectivity index (χ2n) is 8.66. The van der Waals surface area contributed by atoms with Crippen LogP contribution in [0.5, 0.6) is 0 Å². The minimum absolute atomic E-state index is 0.152. The van der Waals surface area contributed by atoms with Gasteiger partial charge in [-0.1, -0.05) is 6.07 Å². The maximum absolute atomic E-state index is 13.0. The predicted octanol–water partition coefficient (Wildman–Crippen LogP) is 4.27. The summed E-state index contributed by atoms with van der Waals surface area (Å²) in [5.41, 5.74) is 3.19. The topological polar surface area (TPSA) is 114 Å². The van der Waals surface area contributed by atoms with Crippen molar-refractivity contribution in [1.29, 1.82) is 5.26 Å². The van der Waals surface area contributed by atoms with E-state index in [1.165, 1.54) is 12.3 Å². The van der Waals surface area contributed by atoms with Crippen LogP contribution in [-0.4, -0.2) is 32.4 Å². The number of benzene rings is 1. The standard InChI is InChI=1S/C26H20F2N6O2/c1-26(13-29)14-36-12-17-3-2-15(8-19(17)26)25(35)32-11-18-9-22-16(10-31-18)4-5-20(33-22)21-6-7-30-24(34-21)23(27)28/h2-10,23H,11-12,14H2,1H3,(H,32,35)/t26-/m1/s1. The van der Waals surface area contributed by atoms with Gasteiger partial charge in [0.2, 0.25) is 0 Å². The average Bonchev–Trinajstić information content (AvgIpc) is 2.91. The summed E-state index contributed by atoms with van der Waals surface area (Å²) in [4.78, 5) is 29.2. The Hall–Kier alpha value is -4.36. The fourth-order valence-corrected chi connectivity index (χ4v) is 4.08. The van der Waals surface area contributed by atoms with Crippen LogP contribution in [0.15, 0.2) is 54.9 Å². The second kappa shape index (κ2) is 9.36. The highest BCUT2D eigenvalue weighted by molar-refractivity contribution is 5.94.